The van der Waals surface area contributed by atoms with E-state index in [2.05, 4.69) is 29.5 Å². The lowest BCUT2D eigenvalue weighted by molar-refractivity contribution is 0.0789. The van der Waals surface area contributed by atoms with Crippen molar-refractivity contribution in [2.45, 2.75) is 19.9 Å². The molecule has 0 aliphatic carbocycles. The van der Waals surface area contributed by atoms with Gasteiger partial charge in [0.1, 0.15) is 5.52 Å². The molecule has 0 spiro atoms. The number of hydrazone groups is 1. The average Bonchev–Trinajstić information content (AvgIpc) is 3.44. The maximum atomic E-state index is 12.6. The van der Waals surface area contributed by atoms with Crippen LogP contribution in [0.25, 0.3) is 21.8 Å². The number of carbonyl (C=O) groups excluding carboxylic acids is 1. The summed E-state index contributed by atoms with van der Waals surface area (Å²) in [5, 5.41) is 13.5. The Kier molecular flexibility index (Phi) is 5.09. The normalized spacial score (nSPS) is 13.7. The number of aryl methyl sites for hydroxylation is 1. The van der Waals surface area contributed by atoms with Gasteiger partial charge in [0.05, 0.1) is 23.5 Å². The van der Waals surface area contributed by atoms with Gasteiger partial charge in [-0.25, -0.2) is 0 Å². The lowest BCUT2D eigenvalue weighted by Crippen LogP contribution is -2.30. The second-order valence-corrected chi connectivity index (χ2v) is 8.35. The van der Waals surface area contributed by atoms with Crippen molar-refractivity contribution in [2.24, 2.45) is 5.10 Å². The molecule has 3 heterocycles. The van der Waals surface area contributed by atoms with Crippen LogP contribution >= 0.6 is 0 Å². The molecule has 0 saturated heterocycles. The van der Waals surface area contributed by atoms with E-state index in [4.69, 9.17) is 10.1 Å². The maximum Gasteiger partial charge on any atom is 0.253 e. The highest BCUT2D eigenvalue weighted by Crippen LogP contribution is 2.27. The van der Waals surface area contributed by atoms with Crippen LogP contribution in [0, 0.1) is 6.92 Å². The van der Waals surface area contributed by atoms with Crippen LogP contribution in [0.4, 0.5) is 0 Å². The highest BCUT2D eigenvalue weighted by Gasteiger charge is 2.16. The van der Waals surface area contributed by atoms with E-state index in [9.17, 15) is 4.79 Å². The third-order valence-electron chi connectivity index (χ3n) is 6.01. The van der Waals surface area contributed by atoms with Crippen LogP contribution in [-0.2, 0) is 6.54 Å². The first-order valence-electron chi connectivity index (χ1n) is 10.9. The Bertz CT molecular complexity index is 1340. The molecule has 0 N–H and O–H groups in total. The monoisotopic (exact) mass is 426 g/mol. The molecular weight excluding hydrogens is 400 g/mol. The summed E-state index contributed by atoms with van der Waals surface area (Å²) in [5.41, 5.74) is 5.70. The molecule has 7 nitrogen and oxygen atoms in total. The van der Waals surface area contributed by atoms with E-state index in [1.807, 2.05) is 61.0 Å². The highest BCUT2D eigenvalue weighted by molar-refractivity contribution is 6.09. The van der Waals surface area contributed by atoms with Gasteiger partial charge in [-0.15, -0.1) is 0 Å². The van der Waals surface area contributed by atoms with Crippen LogP contribution in [0.1, 0.15) is 28.0 Å². The number of likely N-dealkylation sites (N-methyl/N-ethyl adjacent to an activating group) is 1. The summed E-state index contributed by atoms with van der Waals surface area (Å²) in [4.78, 5) is 19.2. The van der Waals surface area contributed by atoms with Crippen molar-refractivity contribution in [3.8, 4) is 0 Å². The van der Waals surface area contributed by atoms with Gasteiger partial charge in [-0.05, 0) is 30.7 Å². The van der Waals surface area contributed by atoms with E-state index in [1.54, 1.807) is 4.90 Å². The SMILES string of the molecule is Cc1nc2cc(C3=NN(C)CC3)ccc2c2cn(CCN(C)C(=O)c3ccccc3)nc12. The first-order valence-corrected chi connectivity index (χ1v) is 10.9. The molecule has 0 unspecified atom stereocenters. The van der Waals surface area contributed by atoms with Gasteiger partial charge in [0.2, 0.25) is 0 Å². The maximum absolute atomic E-state index is 12.6. The van der Waals surface area contributed by atoms with Gasteiger partial charge < -0.3 is 4.90 Å². The molecule has 0 saturated carbocycles. The van der Waals surface area contributed by atoms with Gasteiger partial charge in [0.25, 0.3) is 5.91 Å². The van der Waals surface area contributed by atoms with E-state index in [0.717, 1.165) is 51.7 Å². The van der Waals surface area contributed by atoms with Crippen molar-refractivity contribution in [1.82, 2.24) is 24.7 Å². The Balaban J connectivity index is 1.40. The summed E-state index contributed by atoms with van der Waals surface area (Å²) < 4.78 is 1.91. The Labute approximate surface area is 187 Å². The molecule has 0 radical (unpaired) electrons. The van der Waals surface area contributed by atoms with Gasteiger partial charge in [0, 0.05) is 56.1 Å². The third kappa shape index (κ3) is 3.70. The second-order valence-electron chi connectivity index (χ2n) is 8.35. The third-order valence-corrected chi connectivity index (χ3v) is 6.01. The molecule has 2 aromatic heterocycles. The number of pyridine rings is 1. The number of hydrogen-bond acceptors (Lipinski definition) is 5. The van der Waals surface area contributed by atoms with Crippen LogP contribution in [0.5, 0.6) is 0 Å². The van der Waals surface area contributed by atoms with Crippen LogP contribution in [0.15, 0.2) is 59.8 Å². The highest BCUT2D eigenvalue weighted by atomic mass is 16.2. The summed E-state index contributed by atoms with van der Waals surface area (Å²) in [6.07, 6.45) is 3.02. The zero-order valence-corrected chi connectivity index (χ0v) is 18.6. The fourth-order valence-corrected chi connectivity index (χ4v) is 4.20. The Morgan fingerprint density at radius 1 is 1.12 bits per heavy atom. The molecule has 0 atom stereocenters. The van der Waals surface area contributed by atoms with E-state index < -0.39 is 0 Å². The molecule has 162 valence electrons. The van der Waals surface area contributed by atoms with E-state index in [-0.39, 0.29) is 5.91 Å². The summed E-state index contributed by atoms with van der Waals surface area (Å²) in [6, 6.07) is 15.7. The number of hydrogen-bond donors (Lipinski definition) is 0. The molecule has 1 amide bonds. The van der Waals surface area contributed by atoms with Gasteiger partial charge in [0.15, 0.2) is 0 Å². The molecule has 5 rings (SSSR count). The lowest BCUT2D eigenvalue weighted by atomic mass is 10.0. The Morgan fingerprint density at radius 2 is 1.94 bits per heavy atom. The van der Waals surface area contributed by atoms with Gasteiger partial charge in [-0.3, -0.25) is 19.5 Å². The largest absolute Gasteiger partial charge is 0.340 e. The number of fused-ring (bicyclic) bond motifs is 3. The van der Waals surface area contributed by atoms with Crippen molar-refractivity contribution in [1.29, 1.82) is 0 Å². The van der Waals surface area contributed by atoms with Crippen molar-refractivity contribution < 1.29 is 4.79 Å². The predicted molar refractivity (Wildman–Crippen MR) is 127 cm³/mol. The first-order chi connectivity index (χ1) is 15.5. The minimum absolute atomic E-state index is 0.0126. The van der Waals surface area contributed by atoms with Crippen molar-refractivity contribution in [3.05, 3.63) is 71.5 Å². The molecule has 2 aromatic carbocycles. The fraction of sp³-hybridized carbons (Fsp3) is 0.280. The molecule has 4 aromatic rings. The Morgan fingerprint density at radius 3 is 2.69 bits per heavy atom. The molecule has 0 fully saturated rings. The van der Waals surface area contributed by atoms with Crippen LogP contribution in [0.2, 0.25) is 0 Å². The summed E-state index contributed by atoms with van der Waals surface area (Å²) in [7, 11) is 3.82. The number of aromatic nitrogens is 3. The number of nitrogens with zero attached hydrogens (tertiary/aromatic N) is 6. The fourth-order valence-electron chi connectivity index (χ4n) is 4.20. The number of benzene rings is 2. The number of amides is 1. The van der Waals surface area contributed by atoms with Crippen molar-refractivity contribution in [3.63, 3.8) is 0 Å². The standard InChI is InChI=1S/C25H26N6O/c1-17-24-21(20-10-9-19(15-23(20)26-17)22-11-12-30(3)27-22)16-31(28-24)14-13-29(2)25(32)18-7-5-4-6-8-18/h4-10,15-16H,11-14H2,1-3H3. The molecular formula is C25H26N6O. The predicted octanol–water partition coefficient (Wildman–Crippen LogP) is 3.70. The minimum atomic E-state index is 0.0126. The second kappa shape index (κ2) is 8.07. The minimum Gasteiger partial charge on any atom is -0.340 e. The Hall–Kier alpha value is -3.74. The van der Waals surface area contributed by atoms with Crippen LogP contribution in [-0.4, -0.2) is 63.5 Å². The first kappa shape index (κ1) is 20.2. The van der Waals surface area contributed by atoms with Crippen LogP contribution < -0.4 is 0 Å². The zero-order chi connectivity index (χ0) is 22.2. The van der Waals surface area contributed by atoms with Crippen molar-refractivity contribution >= 4 is 33.4 Å². The smallest absolute Gasteiger partial charge is 0.253 e. The van der Waals surface area contributed by atoms with Gasteiger partial charge >= 0.3 is 0 Å². The van der Waals surface area contributed by atoms with E-state index in [1.165, 1.54) is 0 Å². The molecule has 7 heteroatoms. The summed E-state index contributed by atoms with van der Waals surface area (Å²) >= 11 is 0. The van der Waals surface area contributed by atoms with E-state index >= 15 is 0 Å². The average molecular weight is 427 g/mol. The molecule has 1 aliphatic rings. The molecule has 0 bridgehead atoms. The quantitative estimate of drug-likeness (QED) is 0.488. The number of rotatable bonds is 5. The topological polar surface area (TPSA) is 66.6 Å². The van der Waals surface area contributed by atoms with Crippen molar-refractivity contribution in [2.75, 3.05) is 27.2 Å². The number of carbonyl (C=O) groups is 1. The summed E-state index contributed by atoms with van der Waals surface area (Å²) in [6.45, 7) is 4.14. The van der Waals surface area contributed by atoms with Gasteiger partial charge in [-0.1, -0.05) is 30.3 Å². The summed E-state index contributed by atoms with van der Waals surface area (Å²) in [5.74, 6) is 0.0126. The molecule has 1 aliphatic heterocycles. The van der Waals surface area contributed by atoms with Gasteiger partial charge in [-0.2, -0.15) is 10.2 Å². The van der Waals surface area contributed by atoms with E-state index in [0.29, 0.717) is 18.7 Å². The zero-order valence-electron chi connectivity index (χ0n) is 18.6. The molecule has 32 heavy (non-hydrogen) atoms. The van der Waals surface area contributed by atoms with Crippen LogP contribution in [0.3, 0.4) is 0 Å². The lowest BCUT2D eigenvalue weighted by Gasteiger charge is -2.17.